The zero-order valence-electron chi connectivity index (χ0n) is 13.3. The summed E-state index contributed by atoms with van der Waals surface area (Å²) in [6.07, 6.45) is 0.254. The Labute approximate surface area is 140 Å². The molecule has 0 fully saturated rings. The second-order valence-electron chi connectivity index (χ2n) is 5.63. The fourth-order valence-corrected chi connectivity index (χ4v) is 2.53. The van der Waals surface area contributed by atoms with E-state index in [0.717, 1.165) is 16.3 Å². The van der Waals surface area contributed by atoms with Gasteiger partial charge in [-0.2, -0.15) is 0 Å². The van der Waals surface area contributed by atoms with Crippen molar-refractivity contribution in [3.05, 3.63) is 83.9 Å². The highest BCUT2D eigenvalue weighted by Crippen LogP contribution is 2.17. The summed E-state index contributed by atoms with van der Waals surface area (Å²) in [5.74, 6) is -0.398. The Morgan fingerprint density at radius 2 is 1.46 bits per heavy atom. The van der Waals surface area contributed by atoms with Gasteiger partial charge in [-0.25, -0.2) is 0 Å². The van der Waals surface area contributed by atoms with Crippen LogP contribution in [0, 0.1) is 0 Å². The van der Waals surface area contributed by atoms with Gasteiger partial charge in [0.2, 0.25) is 0 Å². The standard InChI is InChI=1S/C21H18O3/c22-20(19-11-10-17-8-4-5-9-18(17)14-19)12-13-21(23)24-15-16-6-2-1-3-7-16/h1-11,14H,12-13,15H2. The Hall–Kier alpha value is -2.94. The molecule has 0 spiro atoms. The molecule has 3 aromatic carbocycles. The van der Waals surface area contributed by atoms with Crippen molar-refractivity contribution in [1.29, 1.82) is 0 Å². The number of rotatable bonds is 6. The number of fused-ring (bicyclic) bond motifs is 1. The first-order chi connectivity index (χ1) is 11.7. The summed E-state index contributed by atoms with van der Waals surface area (Å²) < 4.78 is 5.19. The molecule has 3 rings (SSSR count). The lowest BCUT2D eigenvalue weighted by molar-refractivity contribution is -0.144. The molecule has 0 N–H and O–H groups in total. The number of Topliss-reactive ketones (excluding diaryl/α,β-unsaturated/α-hetero) is 1. The van der Waals surface area contributed by atoms with Gasteiger partial charge in [0, 0.05) is 12.0 Å². The van der Waals surface area contributed by atoms with E-state index in [1.165, 1.54) is 0 Å². The SMILES string of the molecule is O=C(CCC(=O)c1ccc2ccccc2c1)OCc1ccccc1. The minimum Gasteiger partial charge on any atom is -0.461 e. The van der Waals surface area contributed by atoms with E-state index >= 15 is 0 Å². The van der Waals surface area contributed by atoms with E-state index < -0.39 is 0 Å². The third kappa shape index (κ3) is 4.07. The lowest BCUT2D eigenvalue weighted by atomic mass is 10.0. The molecule has 3 nitrogen and oxygen atoms in total. The number of carbonyl (C=O) groups excluding carboxylic acids is 2. The van der Waals surface area contributed by atoms with Gasteiger partial charge in [0.15, 0.2) is 5.78 Å². The molecule has 0 aliphatic carbocycles. The fourth-order valence-electron chi connectivity index (χ4n) is 2.53. The first kappa shape index (κ1) is 15.9. The molecule has 120 valence electrons. The summed E-state index contributed by atoms with van der Waals surface area (Å²) in [4.78, 5) is 24.0. The summed E-state index contributed by atoms with van der Waals surface area (Å²) in [5.41, 5.74) is 1.57. The number of carbonyl (C=O) groups is 2. The minimum atomic E-state index is -0.354. The highest BCUT2D eigenvalue weighted by atomic mass is 16.5. The van der Waals surface area contributed by atoms with E-state index in [2.05, 4.69) is 0 Å². The van der Waals surface area contributed by atoms with Gasteiger partial charge in [-0.3, -0.25) is 9.59 Å². The highest BCUT2D eigenvalue weighted by molar-refractivity contribution is 6.00. The normalized spacial score (nSPS) is 10.5. The second kappa shape index (κ2) is 7.55. The summed E-state index contributed by atoms with van der Waals surface area (Å²) in [6.45, 7) is 0.240. The predicted molar refractivity (Wildman–Crippen MR) is 93.8 cm³/mol. The van der Waals surface area contributed by atoms with E-state index in [1.54, 1.807) is 6.07 Å². The molecule has 0 unspecified atom stereocenters. The van der Waals surface area contributed by atoms with Crippen LogP contribution in [0.4, 0.5) is 0 Å². The highest BCUT2D eigenvalue weighted by Gasteiger charge is 2.11. The average molecular weight is 318 g/mol. The molecule has 0 bridgehead atoms. The summed E-state index contributed by atoms with van der Waals surface area (Å²) in [6, 6.07) is 23.0. The monoisotopic (exact) mass is 318 g/mol. The van der Waals surface area contributed by atoms with Crippen LogP contribution < -0.4 is 0 Å². The molecule has 3 aromatic rings. The van der Waals surface area contributed by atoms with Crippen LogP contribution in [0.5, 0.6) is 0 Å². The summed E-state index contributed by atoms with van der Waals surface area (Å²) in [5, 5.41) is 2.12. The Balaban J connectivity index is 1.53. The maximum atomic E-state index is 12.3. The van der Waals surface area contributed by atoms with Crippen LogP contribution in [-0.4, -0.2) is 11.8 Å². The van der Waals surface area contributed by atoms with Crippen LogP contribution in [0.3, 0.4) is 0 Å². The van der Waals surface area contributed by atoms with Crippen LogP contribution >= 0.6 is 0 Å². The van der Waals surface area contributed by atoms with Gasteiger partial charge < -0.3 is 4.74 Å². The number of benzene rings is 3. The van der Waals surface area contributed by atoms with Crippen molar-refractivity contribution < 1.29 is 14.3 Å². The smallest absolute Gasteiger partial charge is 0.306 e. The molecular weight excluding hydrogens is 300 g/mol. The van der Waals surface area contributed by atoms with Gasteiger partial charge in [0.1, 0.15) is 6.61 Å². The molecule has 0 atom stereocenters. The van der Waals surface area contributed by atoms with Gasteiger partial charge in [0.25, 0.3) is 0 Å². The molecular formula is C21H18O3. The van der Waals surface area contributed by atoms with E-state index in [4.69, 9.17) is 4.74 Å². The Morgan fingerprint density at radius 1 is 0.750 bits per heavy atom. The molecule has 3 heteroatoms. The first-order valence-electron chi connectivity index (χ1n) is 7.94. The predicted octanol–water partition coefficient (Wildman–Crippen LogP) is 4.55. The molecule has 0 aromatic heterocycles. The van der Waals surface area contributed by atoms with Gasteiger partial charge in [0.05, 0.1) is 6.42 Å². The zero-order chi connectivity index (χ0) is 16.8. The Kier molecular flexibility index (Phi) is 5.02. The number of ether oxygens (including phenoxy) is 1. The van der Waals surface area contributed by atoms with Gasteiger partial charge in [-0.15, -0.1) is 0 Å². The molecule has 0 aliphatic rings. The van der Waals surface area contributed by atoms with Crippen molar-refractivity contribution in [3.8, 4) is 0 Å². The maximum Gasteiger partial charge on any atom is 0.306 e. The largest absolute Gasteiger partial charge is 0.461 e. The van der Waals surface area contributed by atoms with Crippen molar-refractivity contribution >= 4 is 22.5 Å². The van der Waals surface area contributed by atoms with E-state index in [9.17, 15) is 9.59 Å². The van der Waals surface area contributed by atoms with Crippen molar-refractivity contribution in [2.45, 2.75) is 19.4 Å². The third-order valence-electron chi connectivity index (χ3n) is 3.87. The van der Waals surface area contributed by atoms with Crippen molar-refractivity contribution in [3.63, 3.8) is 0 Å². The zero-order valence-corrected chi connectivity index (χ0v) is 13.3. The van der Waals surface area contributed by atoms with E-state index in [-0.39, 0.29) is 31.2 Å². The fraction of sp³-hybridized carbons (Fsp3) is 0.143. The topological polar surface area (TPSA) is 43.4 Å². The third-order valence-corrected chi connectivity index (χ3v) is 3.87. The van der Waals surface area contributed by atoms with E-state index in [0.29, 0.717) is 5.56 Å². The lowest BCUT2D eigenvalue weighted by Crippen LogP contribution is -2.08. The van der Waals surface area contributed by atoms with Crippen molar-refractivity contribution in [1.82, 2.24) is 0 Å². The number of esters is 1. The Morgan fingerprint density at radius 3 is 2.25 bits per heavy atom. The molecule has 0 saturated carbocycles. The van der Waals surface area contributed by atoms with Crippen molar-refractivity contribution in [2.24, 2.45) is 0 Å². The quantitative estimate of drug-likeness (QED) is 0.495. The summed E-state index contributed by atoms with van der Waals surface area (Å²) >= 11 is 0. The van der Waals surface area contributed by atoms with Crippen molar-refractivity contribution in [2.75, 3.05) is 0 Å². The average Bonchev–Trinajstić information content (AvgIpc) is 2.65. The number of ketones is 1. The first-order valence-corrected chi connectivity index (χ1v) is 7.94. The van der Waals surface area contributed by atoms with Crippen LogP contribution in [-0.2, 0) is 16.1 Å². The number of hydrogen-bond donors (Lipinski definition) is 0. The minimum absolute atomic E-state index is 0.0441. The number of hydrogen-bond acceptors (Lipinski definition) is 3. The molecule has 0 saturated heterocycles. The molecule has 24 heavy (non-hydrogen) atoms. The molecule has 0 radical (unpaired) electrons. The van der Waals surface area contributed by atoms with Crippen LogP contribution in [0.2, 0.25) is 0 Å². The lowest BCUT2D eigenvalue weighted by Gasteiger charge is -2.05. The maximum absolute atomic E-state index is 12.3. The van der Waals surface area contributed by atoms with Gasteiger partial charge in [-0.1, -0.05) is 66.7 Å². The van der Waals surface area contributed by atoms with E-state index in [1.807, 2.05) is 66.7 Å². The molecule has 0 heterocycles. The summed E-state index contributed by atoms with van der Waals surface area (Å²) in [7, 11) is 0. The molecule has 0 aliphatic heterocycles. The second-order valence-corrected chi connectivity index (χ2v) is 5.63. The van der Waals surface area contributed by atoms with Gasteiger partial charge in [-0.05, 0) is 22.4 Å². The van der Waals surface area contributed by atoms with Crippen LogP contribution in [0.15, 0.2) is 72.8 Å². The van der Waals surface area contributed by atoms with Crippen LogP contribution in [0.25, 0.3) is 10.8 Å². The molecule has 0 amide bonds. The Bertz CT molecular complexity index is 853. The van der Waals surface area contributed by atoms with Crippen LogP contribution in [0.1, 0.15) is 28.8 Å². The van der Waals surface area contributed by atoms with Gasteiger partial charge >= 0.3 is 5.97 Å².